The lowest BCUT2D eigenvalue weighted by Crippen LogP contribution is -2.38. The average Bonchev–Trinajstić information content (AvgIpc) is 3.29. The number of nitrogens with zero attached hydrogens (tertiary/aromatic N) is 1. The van der Waals surface area contributed by atoms with Crippen molar-refractivity contribution < 1.29 is 27.1 Å². The highest BCUT2D eigenvalue weighted by molar-refractivity contribution is 7.90. The molecule has 3 rings (SSSR count). The van der Waals surface area contributed by atoms with Crippen LogP contribution < -0.4 is 4.72 Å². The molecule has 1 atom stereocenters. The van der Waals surface area contributed by atoms with E-state index in [-0.39, 0.29) is 18.1 Å². The second-order valence-corrected chi connectivity index (χ2v) is 9.89. The monoisotopic (exact) mass is 498 g/mol. The van der Waals surface area contributed by atoms with Gasteiger partial charge in [0.15, 0.2) is 0 Å². The number of ketones is 1. The van der Waals surface area contributed by atoms with Crippen LogP contribution in [0.25, 0.3) is 6.08 Å². The minimum absolute atomic E-state index is 0.0558. The molecule has 7 nitrogen and oxygen atoms in total. The Kier molecular flexibility index (Phi) is 8.73. The first-order valence-electron chi connectivity index (χ1n) is 11.0. The van der Waals surface area contributed by atoms with Crippen LogP contribution in [-0.4, -0.2) is 43.4 Å². The molecule has 35 heavy (non-hydrogen) atoms. The molecule has 1 N–H and O–H groups in total. The van der Waals surface area contributed by atoms with Gasteiger partial charge < -0.3 is 9.30 Å². The first kappa shape index (κ1) is 26.1. The van der Waals surface area contributed by atoms with Crippen molar-refractivity contribution in [3.63, 3.8) is 0 Å². The van der Waals surface area contributed by atoms with E-state index in [4.69, 9.17) is 4.74 Å². The molecule has 1 heterocycles. The summed E-state index contributed by atoms with van der Waals surface area (Å²) < 4.78 is 44.6. The van der Waals surface area contributed by atoms with Crippen molar-refractivity contribution in [2.75, 3.05) is 12.4 Å². The van der Waals surface area contributed by atoms with Gasteiger partial charge in [0, 0.05) is 18.3 Å². The van der Waals surface area contributed by atoms with Crippen molar-refractivity contribution in [3.05, 3.63) is 101 Å². The van der Waals surface area contributed by atoms with E-state index in [2.05, 4.69) is 0 Å². The fourth-order valence-electron chi connectivity index (χ4n) is 3.27. The zero-order valence-corrected chi connectivity index (χ0v) is 20.3. The number of halogens is 1. The zero-order chi connectivity index (χ0) is 25.4. The van der Waals surface area contributed by atoms with E-state index in [1.165, 1.54) is 13.0 Å². The molecule has 0 saturated carbocycles. The molecule has 2 aromatic carbocycles. The largest absolute Gasteiger partial charge is 0.340 e. The molecule has 0 aliphatic heterocycles. The van der Waals surface area contributed by atoms with E-state index < -0.39 is 22.3 Å². The molecule has 9 heteroatoms. The van der Waals surface area contributed by atoms with Crippen LogP contribution in [0, 0.1) is 6.92 Å². The van der Waals surface area contributed by atoms with Gasteiger partial charge in [-0.1, -0.05) is 60.2 Å². The molecular formula is C26H27FN2O5S. The van der Waals surface area contributed by atoms with Crippen LogP contribution in [0.3, 0.4) is 0 Å². The number of carbonyl (C=O) groups excluding carboxylic acids is 2. The fraction of sp³-hybridized carbons (Fsp3) is 0.231. The maximum Gasteiger partial charge on any atom is 0.295 e. The van der Waals surface area contributed by atoms with Crippen LogP contribution in [0.5, 0.6) is 0 Å². The Morgan fingerprint density at radius 3 is 2.57 bits per heavy atom. The molecule has 1 aromatic heterocycles. The van der Waals surface area contributed by atoms with Gasteiger partial charge in [0.25, 0.3) is 12.3 Å². The van der Waals surface area contributed by atoms with Crippen molar-refractivity contribution in [1.29, 1.82) is 0 Å². The van der Waals surface area contributed by atoms with Crippen LogP contribution in [-0.2, 0) is 26.1 Å². The minimum Gasteiger partial charge on any atom is -0.340 e. The van der Waals surface area contributed by atoms with E-state index in [1.54, 1.807) is 16.9 Å². The smallest absolute Gasteiger partial charge is 0.295 e. The molecule has 0 bridgehead atoms. The van der Waals surface area contributed by atoms with Crippen LogP contribution in [0.2, 0.25) is 0 Å². The number of hydrogen-bond acceptors (Lipinski definition) is 5. The summed E-state index contributed by atoms with van der Waals surface area (Å²) in [6, 6.07) is 18.6. The van der Waals surface area contributed by atoms with Gasteiger partial charge in [-0.3, -0.25) is 9.59 Å². The van der Waals surface area contributed by atoms with Crippen LogP contribution >= 0.6 is 0 Å². The maximum absolute atomic E-state index is 13.7. The van der Waals surface area contributed by atoms with Crippen LogP contribution in [0.15, 0.2) is 72.9 Å². The summed E-state index contributed by atoms with van der Waals surface area (Å²) in [4.78, 5) is 24.4. The predicted molar refractivity (Wildman–Crippen MR) is 132 cm³/mol. The standard InChI is InChI=1S/C26H27FN2O5S/c1-3-35(32,33)28-26(31)25(27)34-16-6-9-20-7-4-8-21(17-20)18-29-15-5-10-23(29)24(30)22-13-11-19(2)12-14-22/h4-15,17,25H,3,16,18H2,1-2H3,(H,28,31)/b9-6-/t25-/m0/s1. The highest BCUT2D eigenvalue weighted by atomic mass is 32.2. The highest BCUT2D eigenvalue weighted by Crippen LogP contribution is 2.15. The van der Waals surface area contributed by atoms with E-state index in [1.807, 2.05) is 72.3 Å². The number of aromatic nitrogens is 1. The molecule has 0 aliphatic carbocycles. The summed E-state index contributed by atoms with van der Waals surface area (Å²) in [7, 11) is -3.85. The van der Waals surface area contributed by atoms with Gasteiger partial charge in [-0.15, -0.1) is 0 Å². The molecule has 0 fully saturated rings. The van der Waals surface area contributed by atoms with Crippen molar-refractivity contribution >= 4 is 27.8 Å². The van der Waals surface area contributed by atoms with E-state index in [0.29, 0.717) is 17.8 Å². The Morgan fingerprint density at radius 2 is 1.86 bits per heavy atom. The van der Waals surface area contributed by atoms with Gasteiger partial charge >= 0.3 is 0 Å². The Bertz CT molecular complexity index is 1310. The third-order valence-electron chi connectivity index (χ3n) is 5.17. The summed E-state index contributed by atoms with van der Waals surface area (Å²) >= 11 is 0. The second-order valence-electron chi connectivity index (χ2n) is 7.88. The van der Waals surface area contributed by atoms with Gasteiger partial charge in [-0.05, 0) is 43.2 Å². The van der Waals surface area contributed by atoms with Crippen molar-refractivity contribution in [2.45, 2.75) is 26.7 Å². The second kappa shape index (κ2) is 11.7. The van der Waals surface area contributed by atoms with Crippen LogP contribution in [0.1, 0.15) is 39.7 Å². The lowest BCUT2D eigenvalue weighted by molar-refractivity contribution is -0.141. The minimum atomic E-state index is -3.85. The van der Waals surface area contributed by atoms with Crippen molar-refractivity contribution in [1.82, 2.24) is 9.29 Å². The summed E-state index contributed by atoms with van der Waals surface area (Å²) in [6.07, 6.45) is 2.67. The highest BCUT2D eigenvalue weighted by Gasteiger charge is 2.22. The first-order valence-corrected chi connectivity index (χ1v) is 12.7. The average molecular weight is 499 g/mol. The SMILES string of the molecule is CCS(=O)(=O)NC(=O)[C@@H](F)OC/C=C\c1cccc(Cn2cccc2C(=O)c2ccc(C)cc2)c1. The number of rotatable bonds is 11. The quantitative estimate of drug-likeness (QED) is 0.405. The lowest BCUT2D eigenvalue weighted by Gasteiger charge is -2.10. The Labute approximate surface area is 204 Å². The van der Waals surface area contributed by atoms with Gasteiger partial charge in [0.05, 0.1) is 18.1 Å². The van der Waals surface area contributed by atoms with Crippen molar-refractivity contribution in [2.24, 2.45) is 0 Å². The van der Waals surface area contributed by atoms with E-state index >= 15 is 0 Å². The van der Waals surface area contributed by atoms with E-state index in [0.717, 1.165) is 16.7 Å². The summed E-state index contributed by atoms with van der Waals surface area (Å²) in [5, 5.41) is 0. The number of nitrogens with one attached hydrogen (secondary N) is 1. The van der Waals surface area contributed by atoms with Gasteiger partial charge in [-0.2, -0.15) is 0 Å². The number of benzene rings is 2. The first-order chi connectivity index (χ1) is 16.7. The van der Waals surface area contributed by atoms with Crippen LogP contribution in [0.4, 0.5) is 4.39 Å². The third kappa shape index (κ3) is 7.46. The Morgan fingerprint density at radius 1 is 1.11 bits per heavy atom. The number of hydrogen-bond donors (Lipinski definition) is 1. The number of alkyl halides is 1. The lowest BCUT2D eigenvalue weighted by atomic mass is 10.1. The number of sulfonamides is 1. The predicted octanol–water partition coefficient (Wildman–Crippen LogP) is 3.87. The van der Waals surface area contributed by atoms with E-state index in [9.17, 15) is 22.4 Å². The molecule has 184 valence electrons. The molecule has 0 radical (unpaired) electrons. The summed E-state index contributed by atoms with van der Waals surface area (Å²) in [6.45, 7) is 3.56. The van der Waals surface area contributed by atoms with Gasteiger partial charge in [0.1, 0.15) is 0 Å². The number of amides is 1. The number of aryl methyl sites for hydroxylation is 1. The third-order valence-corrected chi connectivity index (χ3v) is 6.44. The van der Waals surface area contributed by atoms with Gasteiger partial charge in [-0.25, -0.2) is 17.5 Å². The topological polar surface area (TPSA) is 94.5 Å². The maximum atomic E-state index is 13.7. The molecule has 0 saturated heterocycles. The fourth-order valence-corrected chi connectivity index (χ4v) is 3.82. The van der Waals surface area contributed by atoms with Crippen molar-refractivity contribution in [3.8, 4) is 0 Å². The molecule has 0 unspecified atom stereocenters. The molecule has 3 aromatic rings. The molecule has 0 aliphatic rings. The number of ether oxygens (including phenoxy) is 1. The molecule has 1 amide bonds. The zero-order valence-electron chi connectivity index (χ0n) is 19.5. The van der Waals surface area contributed by atoms with Gasteiger partial charge in [0.2, 0.25) is 15.8 Å². The number of carbonyl (C=O) groups is 2. The Hall–Kier alpha value is -3.56. The normalized spacial score (nSPS) is 12.5. The summed E-state index contributed by atoms with van der Waals surface area (Å²) in [5.41, 5.74) is 4.06. The summed E-state index contributed by atoms with van der Waals surface area (Å²) in [5.74, 6) is -1.75. The Balaban J connectivity index is 1.60. The molecule has 0 spiro atoms. The molecular weight excluding hydrogens is 471 g/mol.